The number of likely N-dealkylation sites (tertiary alicyclic amines) is 1. The summed E-state index contributed by atoms with van der Waals surface area (Å²) in [7, 11) is 0. The van der Waals surface area contributed by atoms with Crippen molar-refractivity contribution in [1.82, 2.24) is 19.9 Å². The highest BCUT2D eigenvalue weighted by Gasteiger charge is 2.34. The quantitative estimate of drug-likeness (QED) is 0.798. The normalized spacial score (nSPS) is 14.0. The summed E-state index contributed by atoms with van der Waals surface area (Å²) in [4.78, 5) is 39.2. The third-order valence-electron chi connectivity index (χ3n) is 4.70. The van der Waals surface area contributed by atoms with E-state index in [9.17, 15) is 9.59 Å². The largest absolute Gasteiger partial charge is 0.361 e. The summed E-state index contributed by atoms with van der Waals surface area (Å²) >= 11 is 0. The molecule has 2 aromatic rings. The van der Waals surface area contributed by atoms with E-state index in [0.717, 1.165) is 23.4 Å². The van der Waals surface area contributed by atoms with Crippen molar-refractivity contribution in [3.8, 4) is 11.3 Å². The van der Waals surface area contributed by atoms with Crippen molar-refractivity contribution in [3.63, 3.8) is 0 Å². The average molecular weight is 353 g/mol. The van der Waals surface area contributed by atoms with Gasteiger partial charge in [-0.3, -0.25) is 9.59 Å². The average Bonchev–Trinajstić information content (AvgIpc) is 2.64. The first-order valence-electron chi connectivity index (χ1n) is 8.79. The van der Waals surface area contributed by atoms with Crippen molar-refractivity contribution in [2.75, 3.05) is 24.5 Å². The number of pyridine rings is 1. The molecule has 0 bridgehead atoms. The molecular weight excluding hydrogens is 330 g/mol. The molecule has 136 valence electrons. The fraction of sp³-hybridized carbons (Fsp3) is 0.368. The van der Waals surface area contributed by atoms with E-state index in [1.54, 1.807) is 17.4 Å². The Hall–Kier alpha value is -2.96. The molecule has 0 spiro atoms. The van der Waals surface area contributed by atoms with Crippen molar-refractivity contribution >= 4 is 11.6 Å². The maximum Gasteiger partial charge on any atom is 0.271 e. The molecule has 3 heterocycles. The highest BCUT2D eigenvalue weighted by Crippen LogP contribution is 2.24. The second-order valence-electron chi connectivity index (χ2n) is 6.24. The first kappa shape index (κ1) is 17.8. The van der Waals surface area contributed by atoms with Crippen molar-refractivity contribution in [2.24, 2.45) is 0 Å². The van der Waals surface area contributed by atoms with Crippen LogP contribution >= 0.6 is 0 Å². The number of likely N-dealkylation sites (N-methyl/N-ethyl adjacent to an activating group) is 1. The molecule has 0 aliphatic carbocycles. The summed E-state index contributed by atoms with van der Waals surface area (Å²) in [5.41, 5.74) is 3.02. The Kier molecular flexibility index (Phi) is 5.16. The van der Waals surface area contributed by atoms with Crippen molar-refractivity contribution in [2.45, 2.75) is 26.3 Å². The molecule has 1 aliphatic rings. The fourth-order valence-corrected chi connectivity index (χ4v) is 3.17. The lowest BCUT2D eigenvalue weighted by Crippen LogP contribution is -2.61. The number of anilines is 1. The fourth-order valence-electron chi connectivity index (χ4n) is 3.17. The molecule has 0 aromatic carbocycles. The van der Waals surface area contributed by atoms with Gasteiger partial charge in [0.05, 0.1) is 11.7 Å². The van der Waals surface area contributed by atoms with Crippen molar-refractivity contribution < 1.29 is 4.79 Å². The van der Waals surface area contributed by atoms with E-state index >= 15 is 0 Å². The minimum atomic E-state index is -0.145. The lowest BCUT2D eigenvalue weighted by Gasteiger charge is -2.45. The maximum absolute atomic E-state index is 12.4. The molecule has 0 atom stereocenters. The van der Waals surface area contributed by atoms with E-state index in [2.05, 4.69) is 21.5 Å². The van der Waals surface area contributed by atoms with Gasteiger partial charge >= 0.3 is 0 Å². The Bertz CT molecular complexity index is 870. The maximum atomic E-state index is 12.4. The van der Waals surface area contributed by atoms with E-state index in [1.807, 2.05) is 30.9 Å². The first-order chi connectivity index (χ1) is 12.6. The summed E-state index contributed by atoms with van der Waals surface area (Å²) in [6.45, 7) is 9.42. The Balaban J connectivity index is 1.88. The number of nitrogens with one attached hydrogen (secondary N) is 1. The molecule has 2 aromatic heterocycles. The number of rotatable bonds is 6. The number of aromatic nitrogens is 3. The number of amides is 1. The van der Waals surface area contributed by atoms with Gasteiger partial charge in [0.1, 0.15) is 12.0 Å². The highest BCUT2D eigenvalue weighted by atomic mass is 16.2. The van der Waals surface area contributed by atoms with Crippen LogP contribution in [-0.4, -0.2) is 51.4 Å². The summed E-state index contributed by atoms with van der Waals surface area (Å²) in [5, 5.41) is 0. The third-order valence-corrected chi connectivity index (χ3v) is 4.70. The molecule has 3 rings (SSSR count). The van der Waals surface area contributed by atoms with Crippen LogP contribution in [0.15, 0.2) is 42.1 Å². The van der Waals surface area contributed by atoms with Crippen LogP contribution in [0.1, 0.15) is 19.5 Å². The summed E-state index contributed by atoms with van der Waals surface area (Å²) in [6.07, 6.45) is 5.36. The molecule has 7 heteroatoms. The lowest BCUT2D eigenvalue weighted by molar-refractivity contribution is -0.130. The molecule has 1 saturated heterocycles. The molecule has 0 saturated carbocycles. The number of aryl methyl sites for hydroxylation is 1. The molecule has 7 nitrogen and oxygen atoms in total. The molecule has 26 heavy (non-hydrogen) atoms. The Labute approximate surface area is 152 Å². The van der Waals surface area contributed by atoms with Crippen LogP contribution in [0, 0.1) is 0 Å². The number of H-pyrrole nitrogens is 1. The SMILES string of the molecule is C=CC(=O)N1CC(N(CC)c2cc(-c3cc(CC)ncn3)c[nH]c2=O)C1. The minimum Gasteiger partial charge on any atom is -0.361 e. The zero-order chi connectivity index (χ0) is 18.7. The Morgan fingerprint density at radius 2 is 2.15 bits per heavy atom. The van der Waals surface area contributed by atoms with Crippen LogP contribution < -0.4 is 10.5 Å². The van der Waals surface area contributed by atoms with Gasteiger partial charge in [0.25, 0.3) is 5.56 Å². The van der Waals surface area contributed by atoms with Gasteiger partial charge in [-0.1, -0.05) is 13.5 Å². The molecule has 1 amide bonds. The topological polar surface area (TPSA) is 82.2 Å². The number of carbonyl (C=O) groups is 1. The van der Waals surface area contributed by atoms with Gasteiger partial charge in [-0.2, -0.15) is 0 Å². The van der Waals surface area contributed by atoms with E-state index in [4.69, 9.17) is 0 Å². The smallest absolute Gasteiger partial charge is 0.271 e. The van der Waals surface area contributed by atoms with Crippen molar-refractivity contribution in [1.29, 1.82) is 0 Å². The van der Waals surface area contributed by atoms with E-state index < -0.39 is 0 Å². The predicted molar refractivity (Wildman–Crippen MR) is 101 cm³/mol. The van der Waals surface area contributed by atoms with Crippen LogP contribution in [0.2, 0.25) is 0 Å². The van der Waals surface area contributed by atoms with Crippen LogP contribution in [-0.2, 0) is 11.2 Å². The van der Waals surface area contributed by atoms with Gasteiger partial charge in [0.2, 0.25) is 5.91 Å². The summed E-state index contributed by atoms with van der Waals surface area (Å²) in [6, 6.07) is 3.92. The molecular formula is C19H23N5O2. The zero-order valence-electron chi connectivity index (χ0n) is 15.1. The second kappa shape index (κ2) is 7.51. The molecule has 1 N–H and O–H groups in total. The zero-order valence-corrected chi connectivity index (χ0v) is 15.1. The van der Waals surface area contributed by atoms with E-state index in [0.29, 0.717) is 25.3 Å². The Morgan fingerprint density at radius 3 is 2.81 bits per heavy atom. The van der Waals surface area contributed by atoms with Gasteiger partial charge in [0.15, 0.2) is 0 Å². The van der Waals surface area contributed by atoms with E-state index in [-0.39, 0.29) is 17.5 Å². The molecule has 1 fully saturated rings. The minimum absolute atomic E-state index is 0.0759. The predicted octanol–water partition coefficient (Wildman–Crippen LogP) is 1.62. The van der Waals surface area contributed by atoms with Crippen molar-refractivity contribution in [3.05, 3.63) is 53.4 Å². The third kappa shape index (κ3) is 3.37. The standard InChI is InChI=1S/C19H23N5O2/c1-4-14-8-16(22-12-21-14)13-7-17(19(26)20-9-13)24(6-3)15-10-23(11-15)18(25)5-2/h5,7-9,12,15H,2,4,6,10-11H2,1,3H3,(H,20,26). The Morgan fingerprint density at radius 1 is 1.38 bits per heavy atom. The second-order valence-corrected chi connectivity index (χ2v) is 6.24. The van der Waals surface area contributed by atoms with E-state index in [1.165, 1.54) is 6.08 Å². The highest BCUT2D eigenvalue weighted by molar-refractivity contribution is 5.87. The molecule has 0 unspecified atom stereocenters. The monoisotopic (exact) mass is 353 g/mol. The molecule has 1 aliphatic heterocycles. The number of aromatic amines is 1. The van der Waals surface area contributed by atoms with Crippen LogP contribution in [0.5, 0.6) is 0 Å². The summed E-state index contributed by atoms with van der Waals surface area (Å²) < 4.78 is 0. The van der Waals surface area contributed by atoms with Gasteiger partial charge in [0, 0.05) is 37.1 Å². The van der Waals surface area contributed by atoms with Gasteiger partial charge in [-0.05, 0) is 31.6 Å². The number of hydrogen-bond donors (Lipinski definition) is 1. The molecule has 0 radical (unpaired) electrons. The number of nitrogens with zero attached hydrogens (tertiary/aromatic N) is 4. The summed E-state index contributed by atoms with van der Waals surface area (Å²) in [5.74, 6) is -0.0759. The van der Waals surface area contributed by atoms with Crippen LogP contribution in [0.25, 0.3) is 11.3 Å². The van der Waals surface area contributed by atoms with Gasteiger partial charge in [-0.15, -0.1) is 0 Å². The van der Waals surface area contributed by atoms with Gasteiger partial charge < -0.3 is 14.8 Å². The van der Waals surface area contributed by atoms with Crippen LogP contribution in [0.4, 0.5) is 5.69 Å². The number of carbonyl (C=O) groups excluding carboxylic acids is 1. The lowest BCUT2D eigenvalue weighted by atomic mass is 10.1. The first-order valence-corrected chi connectivity index (χ1v) is 8.79. The van der Waals surface area contributed by atoms with Crippen LogP contribution in [0.3, 0.4) is 0 Å². The van der Waals surface area contributed by atoms with Gasteiger partial charge in [-0.25, -0.2) is 9.97 Å². The number of hydrogen-bond acceptors (Lipinski definition) is 5.